The largest absolute Gasteiger partial charge is 0.321 e. The van der Waals surface area contributed by atoms with E-state index in [0.29, 0.717) is 5.70 Å². The molecule has 4 aromatic rings. The molecule has 0 atom stereocenters. The van der Waals surface area contributed by atoms with Crippen LogP contribution in [0.4, 0.5) is 0 Å². The van der Waals surface area contributed by atoms with Crippen molar-refractivity contribution in [1.29, 1.82) is 0 Å². The first-order valence-corrected chi connectivity index (χ1v) is 11.8. The molecule has 0 radical (unpaired) electrons. The van der Waals surface area contributed by atoms with Crippen LogP contribution >= 0.6 is 11.3 Å². The maximum atomic E-state index is 6.63. The van der Waals surface area contributed by atoms with Gasteiger partial charge in [0.05, 0.1) is 5.70 Å². The Kier molecular flexibility index (Phi) is 5.48. The Labute approximate surface area is 170 Å². The summed E-state index contributed by atoms with van der Waals surface area (Å²) in [5.74, 6) is 0. The average Bonchev–Trinajstić information content (AvgIpc) is 3.31. The Morgan fingerprint density at radius 1 is 0.786 bits per heavy atom. The van der Waals surface area contributed by atoms with Gasteiger partial charge in [-0.05, 0) is 15.6 Å². The second-order valence-electron chi connectivity index (χ2n) is 6.30. The predicted octanol–water partition coefficient (Wildman–Crippen LogP) is 3.30. The van der Waals surface area contributed by atoms with Gasteiger partial charge in [0.2, 0.25) is 0 Å². The molecule has 0 aliphatic rings. The summed E-state index contributed by atoms with van der Waals surface area (Å²) in [6.07, 6.45) is 1.77. The third kappa shape index (κ3) is 3.55. The number of thiazole rings is 1. The molecule has 4 rings (SSSR count). The minimum Gasteiger partial charge on any atom is -0.305 e. The fourth-order valence-electron chi connectivity index (χ4n) is 3.25. The third-order valence-corrected chi connectivity index (χ3v) is 9.24. The topological polar surface area (TPSA) is 34.1 Å². The number of hydrogen-bond acceptors (Lipinski definition) is 4. The number of nitrogens with zero attached hydrogens (tertiary/aromatic N) is 1. The van der Waals surface area contributed by atoms with Gasteiger partial charge in [-0.1, -0.05) is 97.6 Å². The number of hydroxylamine groups is 1. The van der Waals surface area contributed by atoms with E-state index < -0.39 is 8.32 Å². The highest BCUT2D eigenvalue weighted by molar-refractivity contribution is 7.10. The summed E-state index contributed by atoms with van der Waals surface area (Å²) in [5.41, 5.74) is 3.80. The second-order valence-corrected chi connectivity index (χ2v) is 10.5. The maximum Gasteiger partial charge on any atom is 0.321 e. The van der Waals surface area contributed by atoms with E-state index in [1.165, 1.54) is 11.3 Å². The van der Waals surface area contributed by atoms with E-state index in [-0.39, 0.29) is 0 Å². The van der Waals surface area contributed by atoms with Crippen molar-refractivity contribution in [2.45, 2.75) is 0 Å². The molecule has 28 heavy (non-hydrogen) atoms. The van der Waals surface area contributed by atoms with Crippen LogP contribution in [0.15, 0.2) is 109 Å². The van der Waals surface area contributed by atoms with E-state index in [9.17, 15) is 0 Å². The molecular weight excluding hydrogens is 380 g/mol. The van der Waals surface area contributed by atoms with Gasteiger partial charge in [0.1, 0.15) is 5.01 Å². The Bertz CT molecular complexity index is 926. The molecule has 0 aliphatic heterocycles. The zero-order valence-electron chi connectivity index (χ0n) is 15.3. The van der Waals surface area contributed by atoms with Crippen molar-refractivity contribution in [3.63, 3.8) is 0 Å². The monoisotopic (exact) mass is 400 g/mol. The molecule has 1 heterocycles. The minimum atomic E-state index is -2.79. The van der Waals surface area contributed by atoms with Gasteiger partial charge < -0.3 is 4.53 Å². The summed E-state index contributed by atoms with van der Waals surface area (Å²) in [6.45, 7) is 4.12. The lowest BCUT2D eigenvalue weighted by molar-refractivity contribution is 0.256. The molecule has 3 aromatic carbocycles. The molecule has 0 fully saturated rings. The van der Waals surface area contributed by atoms with Gasteiger partial charge in [0.25, 0.3) is 0 Å². The molecule has 138 valence electrons. The van der Waals surface area contributed by atoms with E-state index in [4.69, 9.17) is 4.53 Å². The van der Waals surface area contributed by atoms with Crippen molar-refractivity contribution in [2.75, 3.05) is 0 Å². The molecule has 5 heteroatoms. The van der Waals surface area contributed by atoms with E-state index >= 15 is 0 Å². The highest BCUT2D eigenvalue weighted by atomic mass is 32.1. The lowest BCUT2D eigenvalue weighted by Crippen LogP contribution is -2.70. The molecule has 0 bridgehead atoms. The summed E-state index contributed by atoms with van der Waals surface area (Å²) in [5, 5.41) is 6.22. The average molecular weight is 401 g/mol. The van der Waals surface area contributed by atoms with Crippen LogP contribution in [0.1, 0.15) is 5.01 Å². The molecule has 0 saturated carbocycles. The Morgan fingerprint density at radius 2 is 1.25 bits per heavy atom. The minimum absolute atomic E-state index is 0.662. The molecule has 3 nitrogen and oxygen atoms in total. The summed E-state index contributed by atoms with van der Waals surface area (Å²) in [6, 6.07) is 31.3. The number of benzene rings is 3. The lowest BCUT2D eigenvalue weighted by atomic mass is 10.3. The first-order valence-electron chi connectivity index (χ1n) is 9.00. The van der Waals surface area contributed by atoms with Gasteiger partial charge in [-0.25, -0.2) is 4.98 Å². The van der Waals surface area contributed by atoms with Crippen molar-refractivity contribution < 1.29 is 4.53 Å². The van der Waals surface area contributed by atoms with Crippen LogP contribution in [0.3, 0.4) is 0 Å². The third-order valence-electron chi connectivity index (χ3n) is 4.56. The van der Waals surface area contributed by atoms with Crippen LogP contribution in [0.2, 0.25) is 0 Å². The van der Waals surface area contributed by atoms with Crippen LogP contribution in [0.25, 0.3) is 5.70 Å². The summed E-state index contributed by atoms with van der Waals surface area (Å²) in [7, 11) is -2.79. The normalized spacial score (nSPS) is 11.1. The Balaban J connectivity index is 1.84. The fourth-order valence-corrected chi connectivity index (χ4v) is 7.42. The second kappa shape index (κ2) is 8.35. The van der Waals surface area contributed by atoms with Gasteiger partial charge in [0, 0.05) is 11.6 Å². The maximum absolute atomic E-state index is 6.63. The molecule has 0 unspecified atom stereocenters. The Hall–Kier alpha value is -2.99. The van der Waals surface area contributed by atoms with Gasteiger partial charge in [-0.3, -0.25) is 5.48 Å². The zero-order valence-corrected chi connectivity index (χ0v) is 17.1. The van der Waals surface area contributed by atoms with Crippen molar-refractivity contribution >= 4 is 40.9 Å². The highest BCUT2D eigenvalue weighted by Crippen LogP contribution is 2.15. The van der Waals surface area contributed by atoms with Crippen LogP contribution in [-0.4, -0.2) is 13.3 Å². The standard InChI is InChI=1S/C23H20N2OSSi/c1-19(23-24-17-18-27-23)25-26-28(20-11-5-2-6-12-20,21-13-7-3-8-14-21)22-15-9-4-10-16-22/h2-18,25H,1H2. The summed E-state index contributed by atoms with van der Waals surface area (Å²) < 4.78 is 6.63. The van der Waals surface area contributed by atoms with Crippen LogP contribution < -0.4 is 21.0 Å². The number of rotatable bonds is 7. The SMILES string of the molecule is C=C(NO[Si](c1ccccc1)(c1ccccc1)c1ccccc1)c1nccs1. The van der Waals surface area contributed by atoms with Gasteiger partial charge in [0.15, 0.2) is 0 Å². The van der Waals surface area contributed by atoms with Gasteiger partial charge in [-0.2, -0.15) is 0 Å². The summed E-state index contributed by atoms with van der Waals surface area (Å²) in [4.78, 5) is 4.33. The molecule has 1 N–H and O–H groups in total. The summed E-state index contributed by atoms with van der Waals surface area (Å²) >= 11 is 1.53. The quantitative estimate of drug-likeness (QED) is 0.294. The van der Waals surface area contributed by atoms with Crippen molar-refractivity contribution in [3.05, 3.63) is 114 Å². The molecular formula is C23H20N2OSSi. The van der Waals surface area contributed by atoms with Gasteiger partial charge >= 0.3 is 8.32 Å². The first-order chi connectivity index (χ1) is 13.8. The molecule has 0 amide bonds. The van der Waals surface area contributed by atoms with Crippen LogP contribution in [0, 0.1) is 0 Å². The fraction of sp³-hybridized carbons (Fsp3) is 0. The van der Waals surface area contributed by atoms with Crippen molar-refractivity contribution in [1.82, 2.24) is 10.5 Å². The van der Waals surface area contributed by atoms with E-state index in [0.717, 1.165) is 20.6 Å². The predicted molar refractivity (Wildman–Crippen MR) is 119 cm³/mol. The van der Waals surface area contributed by atoms with E-state index in [1.807, 2.05) is 23.6 Å². The van der Waals surface area contributed by atoms with Crippen LogP contribution in [0.5, 0.6) is 0 Å². The smallest absolute Gasteiger partial charge is 0.305 e. The molecule has 0 spiro atoms. The van der Waals surface area contributed by atoms with Crippen LogP contribution in [-0.2, 0) is 4.53 Å². The van der Waals surface area contributed by atoms with Crippen molar-refractivity contribution in [2.24, 2.45) is 0 Å². The van der Waals surface area contributed by atoms with E-state index in [1.54, 1.807) is 6.20 Å². The highest BCUT2D eigenvalue weighted by Gasteiger charge is 2.43. The molecule has 1 aromatic heterocycles. The first kappa shape index (κ1) is 18.4. The number of aromatic nitrogens is 1. The van der Waals surface area contributed by atoms with Crippen molar-refractivity contribution in [3.8, 4) is 0 Å². The van der Waals surface area contributed by atoms with E-state index in [2.05, 4.69) is 89.8 Å². The lowest BCUT2D eigenvalue weighted by Gasteiger charge is -2.32. The van der Waals surface area contributed by atoms with Gasteiger partial charge in [-0.15, -0.1) is 11.3 Å². The number of nitrogens with one attached hydrogen (secondary N) is 1. The Morgan fingerprint density at radius 3 is 1.64 bits per heavy atom. The number of hydrogen-bond donors (Lipinski definition) is 1. The molecule has 0 saturated heterocycles. The molecule has 0 aliphatic carbocycles. The zero-order chi connectivity index (χ0) is 19.2.